The Labute approximate surface area is 141 Å². The Morgan fingerprint density at radius 1 is 0.826 bits per heavy atom. The number of carboxylic acid groups (broad SMARTS) is 1. The molecule has 0 aromatic heterocycles. The van der Waals surface area contributed by atoms with Crippen LogP contribution in [0.15, 0.2) is 0 Å². The van der Waals surface area contributed by atoms with Crippen molar-refractivity contribution in [3.05, 3.63) is 0 Å². The molecule has 23 heavy (non-hydrogen) atoms. The van der Waals surface area contributed by atoms with Crippen LogP contribution in [0.3, 0.4) is 0 Å². The molecule has 0 spiro atoms. The predicted octanol–water partition coefficient (Wildman–Crippen LogP) is 4.56. The first-order valence-corrected chi connectivity index (χ1v) is 9.41. The number of unbranched alkanes of at least 4 members (excludes halogenated alkanes) is 11. The van der Waals surface area contributed by atoms with E-state index in [-0.39, 0.29) is 13.0 Å². The van der Waals surface area contributed by atoms with E-state index in [9.17, 15) is 15.1 Å². The average molecular weight is 331 g/mol. The van der Waals surface area contributed by atoms with Crippen molar-refractivity contribution >= 4 is 5.97 Å². The van der Waals surface area contributed by atoms with Crippen LogP contribution in [0.4, 0.5) is 0 Å². The van der Waals surface area contributed by atoms with Gasteiger partial charge in [-0.3, -0.25) is 0 Å². The van der Waals surface area contributed by atoms with Crippen molar-refractivity contribution in [3.8, 4) is 0 Å². The zero-order chi connectivity index (χ0) is 17.6. The van der Waals surface area contributed by atoms with E-state index in [0.29, 0.717) is 11.5 Å². The zero-order valence-corrected chi connectivity index (χ0v) is 15.1. The fraction of sp³-hybridized carbons (Fsp3) is 0.944. The lowest BCUT2D eigenvalue weighted by atomic mass is 10.0. The van der Waals surface area contributed by atoms with Crippen LogP contribution < -0.4 is 0 Å². The standard InChI is InChI=1S/C18H37NO4/c1-3-5-6-7-8-9-10-11-12-13-14-15-16-18(22,17(20)21)19(23)4-2/h22-23H,3-16H2,1-2H3,(H,20,21). The lowest BCUT2D eigenvalue weighted by Crippen LogP contribution is -2.53. The fourth-order valence-electron chi connectivity index (χ4n) is 2.82. The van der Waals surface area contributed by atoms with Crippen molar-refractivity contribution in [2.45, 2.75) is 103 Å². The van der Waals surface area contributed by atoms with E-state index in [1.807, 2.05) is 0 Å². The van der Waals surface area contributed by atoms with Crippen LogP contribution in [-0.4, -0.2) is 38.7 Å². The SMILES string of the molecule is CCCCCCCCCCCCCCC(O)(C(=O)O)N(O)CC. The number of hydrogen-bond donors (Lipinski definition) is 3. The molecule has 0 aliphatic carbocycles. The number of hydrogen-bond acceptors (Lipinski definition) is 4. The zero-order valence-electron chi connectivity index (χ0n) is 15.1. The maximum absolute atomic E-state index is 11.1. The van der Waals surface area contributed by atoms with Crippen molar-refractivity contribution in [3.63, 3.8) is 0 Å². The van der Waals surface area contributed by atoms with Gasteiger partial charge in [-0.25, -0.2) is 4.79 Å². The third kappa shape index (κ3) is 9.95. The van der Waals surface area contributed by atoms with E-state index in [2.05, 4.69) is 6.92 Å². The molecule has 5 nitrogen and oxygen atoms in total. The van der Waals surface area contributed by atoms with Crippen LogP contribution in [0.2, 0.25) is 0 Å². The third-order valence-electron chi connectivity index (χ3n) is 4.45. The third-order valence-corrected chi connectivity index (χ3v) is 4.45. The van der Waals surface area contributed by atoms with Crippen LogP contribution >= 0.6 is 0 Å². The Kier molecular flexibility index (Phi) is 13.4. The first kappa shape index (κ1) is 22.4. The molecule has 1 atom stereocenters. The molecule has 0 heterocycles. The fourth-order valence-corrected chi connectivity index (χ4v) is 2.82. The minimum atomic E-state index is -2.15. The van der Waals surface area contributed by atoms with E-state index in [4.69, 9.17) is 5.11 Å². The van der Waals surface area contributed by atoms with Gasteiger partial charge in [0.05, 0.1) is 0 Å². The predicted molar refractivity (Wildman–Crippen MR) is 92.4 cm³/mol. The summed E-state index contributed by atoms with van der Waals surface area (Å²) in [7, 11) is 0. The quantitative estimate of drug-likeness (QED) is 0.219. The number of aliphatic carboxylic acids is 1. The van der Waals surface area contributed by atoms with E-state index in [0.717, 1.165) is 19.3 Å². The van der Waals surface area contributed by atoms with Crippen molar-refractivity contribution in [1.29, 1.82) is 0 Å². The Bertz CT molecular complexity index is 299. The monoisotopic (exact) mass is 331 g/mol. The van der Waals surface area contributed by atoms with Gasteiger partial charge in [0, 0.05) is 13.0 Å². The minimum Gasteiger partial charge on any atom is -0.478 e. The molecule has 5 heteroatoms. The molecule has 1 unspecified atom stereocenters. The topological polar surface area (TPSA) is 81.0 Å². The summed E-state index contributed by atoms with van der Waals surface area (Å²) in [5.41, 5.74) is -2.15. The second kappa shape index (κ2) is 13.8. The number of aliphatic hydroxyl groups is 1. The lowest BCUT2D eigenvalue weighted by molar-refractivity contribution is -0.263. The summed E-state index contributed by atoms with van der Waals surface area (Å²) in [5.74, 6) is -1.38. The first-order chi connectivity index (χ1) is 11.0. The highest BCUT2D eigenvalue weighted by Crippen LogP contribution is 2.20. The maximum atomic E-state index is 11.1. The number of likely N-dealkylation sites (N-methyl/N-ethyl adjacent to an activating group) is 1. The molecule has 0 aromatic rings. The number of carbonyl (C=O) groups is 1. The second-order valence-electron chi connectivity index (χ2n) is 6.48. The first-order valence-electron chi connectivity index (χ1n) is 9.41. The van der Waals surface area contributed by atoms with Gasteiger partial charge >= 0.3 is 5.97 Å². The van der Waals surface area contributed by atoms with Crippen LogP contribution in [0, 0.1) is 0 Å². The molecule has 0 aromatic carbocycles. The summed E-state index contributed by atoms with van der Waals surface area (Å²) in [4.78, 5) is 11.1. The van der Waals surface area contributed by atoms with E-state index in [1.165, 1.54) is 51.4 Å². The van der Waals surface area contributed by atoms with E-state index >= 15 is 0 Å². The molecule has 0 saturated carbocycles. The van der Waals surface area contributed by atoms with Gasteiger partial charge in [0.1, 0.15) is 0 Å². The Morgan fingerprint density at radius 2 is 1.22 bits per heavy atom. The molecule has 138 valence electrons. The van der Waals surface area contributed by atoms with Crippen molar-refractivity contribution in [1.82, 2.24) is 5.06 Å². The van der Waals surface area contributed by atoms with Gasteiger partial charge < -0.3 is 15.4 Å². The van der Waals surface area contributed by atoms with Gasteiger partial charge in [0.25, 0.3) is 0 Å². The van der Waals surface area contributed by atoms with Crippen molar-refractivity contribution < 1.29 is 20.2 Å². The van der Waals surface area contributed by atoms with Gasteiger partial charge in [-0.05, 0) is 13.3 Å². The van der Waals surface area contributed by atoms with E-state index < -0.39 is 11.7 Å². The summed E-state index contributed by atoms with van der Waals surface area (Å²) in [5, 5.41) is 29.1. The van der Waals surface area contributed by atoms with Crippen LogP contribution in [0.25, 0.3) is 0 Å². The molecular weight excluding hydrogens is 294 g/mol. The molecule has 3 N–H and O–H groups in total. The van der Waals surface area contributed by atoms with Gasteiger partial charge in [-0.2, -0.15) is 5.06 Å². The molecule has 0 bridgehead atoms. The highest BCUT2D eigenvalue weighted by atomic mass is 16.6. The summed E-state index contributed by atoms with van der Waals surface area (Å²) in [6.07, 6.45) is 14.3. The van der Waals surface area contributed by atoms with Gasteiger partial charge in [0.15, 0.2) is 0 Å². The number of carboxylic acids is 1. The molecule has 0 rings (SSSR count). The molecule has 0 aliphatic rings. The van der Waals surface area contributed by atoms with Gasteiger partial charge in [-0.15, -0.1) is 0 Å². The molecule has 0 aliphatic heterocycles. The summed E-state index contributed by atoms with van der Waals surface area (Å²) in [6.45, 7) is 3.93. The normalized spacial score (nSPS) is 14.1. The highest BCUT2D eigenvalue weighted by molar-refractivity contribution is 5.76. The van der Waals surface area contributed by atoms with Crippen LogP contribution in [0.5, 0.6) is 0 Å². The summed E-state index contributed by atoms with van der Waals surface area (Å²) in [6, 6.07) is 0. The van der Waals surface area contributed by atoms with Gasteiger partial charge in [-0.1, -0.05) is 77.6 Å². The Morgan fingerprint density at radius 3 is 1.57 bits per heavy atom. The molecule has 0 fully saturated rings. The van der Waals surface area contributed by atoms with Crippen molar-refractivity contribution in [2.75, 3.05) is 6.54 Å². The minimum absolute atomic E-state index is 0.0596. The van der Waals surface area contributed by atoms with Gasteiger partial charge in [0.2, 0.25) is 5.72 Å². The largest absolute Gasteiger partial charge is 0.478 e. The molecule has 0 amide bonds. The lowest BCUT2D eigenvalue weighted by Gasteiger charge is -2.30. The Balaban J connectivity index is 3.56. The summed E-state index contributed by atoms with van der Waals surface area (Å²) < 4.78 is 0. The molecule has 0 radical (unpaired) electrons. The van der Waals surface area contributed by atoms with Crippen LogP contribution in [0.1, 0.15) is 97.3 Å². The van der Waals surface area contributed by atoms with E-state index in [1.54, 1.807) is 6.92 Å². The number of hydroxylamine groups is 2. The Hall–Kier alpha value is -0.650. The van der Waals surface area contributed by atoms with Crippen LogP contribution in [-0.2, 0) is 4.79 Å². The number of nitrogens with zero attached hydrogens (tertiary/aromatic N) is 1. The van der Waals surface area contributed by atoms with Crippen molar-refractivity contribution in [2.24, 2.45) is 0 Å². The average Bonchev–Trinajstić information content (AvgIpc) is 2.54. The maximum Gasteiger partial charge on any atom is 0.353 e. The highest BCUT2D eigenvalue weighted by Gasteiger charge is 2.40. The second-order valence-corrected chi connectivity index (χ2v) is 6.48. The smallest absolute Gasteiger partial charge is 0.353 e. The molecular formula is C18H37NO4. The summed E-state index contributed by atoms with van der Waals surface area (Å²) >= 11 is 0. The molecule has 0 saturated heterocycles. The number of rotatable bonds is 16.